The molecule has 0 aliphatic carbocycles. The Bertz CT molecular complexity index is 561. The minimum Gasteiger partial charge on any atom is -0.497 e. The van der Waals surface area contributed by atoms with Crippen LogP contribution in [0.15, 0.2) is 24.3 Å². The predicted octanol–water partition coefficient (Wildman–Crippen LogP) is 1.80. The first-order valence-corrected chi connectivity index (χ1v) is 9.25. The van der Waals surface area contributed by atoms with Crippen molar-refractivity contribution in [2.75, 3.05) is 39.9 Å². The Kier molecular flexibility index (Phi) is 6.67. The van der Waals surface area contributed by atoms with Gasteiger partial charge in [-0.15, -0.1) is 0 Å². The van der Waals surface area contributed by atoms with Crippen molar-refractivity contribution in [2.45, 2.75) is 38.3 Å². The van der Waals surface area contributed by atoms with E-state index in [9.17, 15) is 4.79 Å². The van der Waals surface area contributed by atoms with Gasteiger partial charge < -0.3 is 10.1 Å². The molecule has 2 aliphatic heterocycles. The summed E-state index contributed by atoms with van der Waals surface area (Å²) in [6, 6.07) is 8.44. The van der Waals surface area contributed by atoms with Gasteiger partial charge in [-0.2, -0.15) is 5.06 Å². The second-order valence-electron chi connectivity index (χ2n) is 6.86. The number of benzene rings is 1. The molecule has 2 fully saturated rings. The average molecular weight is 347 g/mol. The van der Waals surface area contributed by atoms with Gasteiger partial charge in [0, 0.05) is 38.6 Å². The number of likely N-dealkylation sites (tertiary alicyclic amines) is 1. The van der Waals surface area contributed by atoms with E-state index in [4.69, 9.17) is 9.57 Å². The Labute approximate surface area is 150 Å². The average Bonchev–Trinajstić information content (AvgIpc) is 3.14. The van der Waals surface area contributed by atoms with E-state index in [-0.39, 0.29) is 11.9 Å². The van der Waals surface area contributed by atoms with Crippen molar-refractivity contribution >= 4 is 5.91 Å². The zero-order valence-electron chi connectivity index (χ0n) is 15.1. The molecule has 2 heterocycles. The van der Waals surface area contributed by atoms with E-state index in [1.807, 2.05) is 17.2 Å². The maximum Gasteiger partial charge on any atom is 0.221 e. The number of hydrogen-bond acceptors (Lipinski definition) is 5. The van der Waals surface area contributed by atoms with E-state index < -0.39 is 0 Å². The molecule has 6 nitrogen and oxygen atoms in total. The number of piperidine rings is 1. The Hall–Kier alpha value is -1.63. The van der Waals surface area contributed by atoms with Gasteiger partial charge in [-0.05, 0) is 43.5 Å². The molecule has 1 aromatic carbocycles. The molecule has 2 saturated heterocycles. The molecule has 0 saturated carbocycles. The molecule has 0 unspecified atom stereocenters. The van der Waals surface area contributed by atoms with Gasteiger partial charge in [0.05, 0.1) is 13.7 Å². The molecular weight excluding hydrogens is 318 g/mol. The standard InChI is InChI=1S/C19H29N3O3/c1-24-18-7-2-5-16(13-18)14-21-9-3-6-17(15-21)20-19(23)8-11-22-10-4-12-25-22/h2,5,7,13,17H,3-4,6,8-12,14-15H2,1H3,(H,20,23)/t17-/m1/s1. The Morgan fingerprint density at radius 3 is 3.08 bits per heavy atom. The minimum absolute atomic E-state index is 0.128. The number of carbonyl (C=O) groups is 1. The summed E-state index contributed by atoms with van der Waals surface area (Å²) in [4.78, 5) is 20.0. The molecule has 0 aromatic heterocycles. The summed E-state index contributed by atoms with van der Waals surface area (Å²) in [5, 5.41) is 5.09. The van der Waals surface area contributed by atoms with Gasteiger partial charge in [0.2, 0.25) is 5.91 Å². The van der Waals surface area contributed by atoms with Gasteiger partial charge in [-0.3, -0.25) is 14.5 Å². The zero-order valence-corrected chi connectivity index (χ0v) is 15.1. The molecular formula is C19H29N3O3. The molecule has 0 radical (unpaired) electrons. The van der Waals surface area contributed by atoms with Crippen molar-refractivity contribution in [3.8, 4) is 5.75 Å². The number of carbonyl (C=O) groups excluding carboxylic acids is 1. The van der Waals surface area contributed by atoms with Gasteiger partial charge in [0.25, 0.3) is 0 Å². The highest BCUT2D eigenvalue weighted by Crippen LogP contribution is 2.17. The SMILES string of the molecule is COc1cccc(CN2CCC[C@@H](NC(=O)CCN3CCCO3)C2)c1. The summed E-state index contributed by atoms with van der Waals surface area (Å²) in [6.07, 6.45) is 3.74. The van der Waals surface area contributed by atoms with E-state index in [1.165, 1.54) is 5.56 Å². The van der Waals surface area contributed by atoms with Crippen LogP contribution >= 0.6 is 0 Å². The molecule has 0 bridgehead atoms. The second kappa shape index (κ2) is 9.17. The third kappa shape index (κ3) is 5.70. The molecule has 25 heavy (non-hydrogen) atoms. The van der Waals surface area contributed by atoms with Crippen LogP contribution in [0.5, 0.6) is 5.75 Å². The van der Waals surface area contributed by atoms with E-state index in [1.54, 1.807) is 7.11 Å². The molecule has 3 rings (SSSR count). The van der Waals surface area contributed by atoms with Crippen molar-refractivity contribution in [1.29, 1.82) is 0 Å². The molecule has 1 N–H and O–H groups in total. The first-order valence-electron chi connectivity index (χ1n) is 9.25. The van der Waals surface area contributed by atoms with Crippen LogP contribution in [0.2, 0.25) is 0 Å². The first-order chi connectivity index (χ1) is 12.2. The first kappa shape index (κ1) is 18.2. The summed E-state index contributed by atoms with van der Waals surface area (Å²) in [5.41, 5.74) is 1.25. The third-order valence-electron chi connectivity index (χ3n) is 4.82. The monoisotopic (exact) mass is 347 g/mol. The van der Waals surface area contributed by atoms with Gasteiger partial charge in [0.15, 0.2) is 0 Å². The highest BCUT2D eigenvalue weighted by molar-refractivity contribution is 5.76. The molecule has 1 aromatic rings. The second-order valence-corrected chi connectivity index (χ2v) is 6.86. The van der Waals surface area contributed by atoms with Crippen LogP contribution in [-0.2, 0) is 16.2 Å². The summed E-state index contributed by atoms with van der Waals surface area (Å²) >= 11 is 0. The van der Waals surface area contributed by atoms with Crippen LogP contribution < -0.4 is 10.1 Å². The van der Waals surface area contributed by atoms with Gasteiger partial charge >= 0.3 is 0 Å². The Balaban J connectivity index is 1.43. The number of hydroxylamine groups is 2. The van der Waals surface area contributed by atoms with Crippen molar-refractivity contribution in [2.24, 2.45) is 0 Å². The van der Waals surface area contributed by atoms with Gasteiger partial charge in [0.1, 0.15) is 5.75 Å². The number of methoxy groups -OCH3 is 1. The van der Waals surface area contributed by atoms with E-state index >= 15 is 0 Å². The molecule has 0 spiro atoms. The predicted molar refractivity (Wildman–Crippen MR) is 96.2 cm³/mol. The van der Waals surface area contributed by atoms with Crippen LogP contribution in [0.3, 0.4) is 0 Å². The van der Waals surface area contributed by atoms with Crippen molar-refractivity contribution in [1.82, 2.24) is 15.3 Å². The number of amides is 1. The molecule has 2 aliphatic rings. The quantitative estimate of drug-likeness (QED) is 0.815. The fourth-order valence-corrected chi connectivity index (χ4v) is 3.55. The van der Waals surface area contributed by atoms with E-state index in [0.717, 1.165) is 57.8 Å². The highest BCUT2D eigenvalue weighted by atomic mass is 16.7. The van der Waals surface area contributed by atoms with Crippen molar-refractivity contribution in [3.63, 3.8) is 0 Å². The van der Waals surface area contributed by atoms with Gasteiger partial charge in [-0.1, -0.05) is 12.1 Å². The molecule has 6 heteroatoms. The maximum absolute atomic E-state index is 12.2. The molecule has 1 atom stereocenters. The largest absolute Gasteiger partial charge is 0.497 e. The lowest BCUT2D eigenvalue weighted by Crippen LogP contribution is -2.47. The summed E-state index contributed by atoms with van der Waals surface area (Å²) < 4.78 is 5.30. The maximum atomic E-state index is 12.2. The summed E-state index contributed by atoms with van der Waals surface area (Å²) in [7, 11) is 1.69. The number of nitrogens with zero attached hydrogens (tertiary/aromatic N) is 2. The third-order valence-corrected chi connectivity index (χ3v) is 4.82. The van der Waals surface area contributed by atoms with Crippen LogP contribution in [0.1, 0.15) is 31.2 Å². The van der Waals surface area contributed by atoms with E-state index in [0.29, 0.717) is 13.0 Å². The zero-order chi connectivity index (χ0) is 17.5. The van der Waals surface area contributed by atoms with Gasteiger partial charge in [-0.25, -0.2) is 0 Å². The van der Waals surface area contributed by atoms with E-state index in [2.05, 4.69) is 22.3 Å². The topological polar surface area (TPSA) is 54.0 Å². The van der Waals surface area contributed by atoms with Crippen LogP contribution in [0, 0.1) is 0 Å². The molecule has 1 amide bonds. The van der Waals surface area contributed by atoms with Crippen LogP contribution in [-0.4, -0.2) is 61.8 Å². The Morgan fingerprint density at radius 2 is 2.28 bits per heavy atom. The van der Waals surface area contributed by atoms with Crippen molar-refractivity contribution in [3.05, 3.63) is 29.8 Å². The lowest BCUT2D eigenvalue weighted by atomic mass is 10.0. The fourth-order valence-electron chi connectivity index (χ4n) is 3.55. The summed E-state index contributed by atoms with van der Waals surface area (Å²) in [6.45, 7) is 5.28. The number of rotatable bonds is 7. The fraction of sp³-hybridized carbons (Fsp3) is 0.632. The molecule has 138 valence electrons. The number of ether oxygens (including phenoxy) is 1. The number of hydrogen-bond donors (Lipinski definition) is 1. The summed E-state index contributed by atoms with van der Waals surface area (Å²) in [5.74, 6) is 1.02. The smallest absolute Gasteiger partial charge is 0.221 e. The highest BCUT2D eigenvalue weighted by Gasteiger charge is 2.22. The number of nitrogens with one attached hydrogen (secondary N) is 1. The minimum atomic E-state index is 0.128. The van der Waals surface area contributed by atoms with Crippen molar-refractivity contribution < 1.29 is 14.4 Å². The Morgan fingerprint density at radius 1 is 1.36 bits per heavy atom. The lowest BCUT2D eigenvalue weighted by Gasteiger charge is -2.33. The lowest BCUT2D eigenvalue weighted by molar-refractivity contribution is -0.131. The normalized spacial score (nSPS) is 22.0. The van der Waals surface area contributed by atoms with Crippen LogP contribution in [0.4, 0.5) is 0 Å². The van der Waals surface area contributed by atoms with Crippen LogP contribution in [0.25, 0.3) is 0 Å².